The van der Waals surface area contributed by atoms with Gasteiger partial charge < -0.3 is 16.4 Å². The van der Waals surface area contributed by atoms with Gasteiger partial charge in [0.25, 0.3) is 5.91 Å². The summed E-state index contributed by atoms with van der Waals surface area (Å²) in [5, 5.41) is 5.80. The van der Waals surface area contributed by atoms with Crippen molar-refractivity contribution in [1.82, 2.24) is 5.32 Å². The average Bonchev–Trinajstić information content (AvgIpc) is 3.21. The second-order valence-corrected chi connectivity index (χ2v) is 6.80. The molecule has 1 aliphatic rings. The first kappa shape index (κ1) is 18.6. The van der Waals surface area contributed by atoms with Crippen LogP contribution in [-0.2, 0) is 11.3 Å². The molecule has 2 aromatic rings. The highest BCUT2D eigenvalue weighted by molar-refractivity contribution is 5.97. The molecule has 1 aliphatic carbocycles. The lowest BCUT2D eigenvalue weighted by Gasteiger charge is -2.12. The van der Waals surface area contributed by atoms with Gasteiger partial charge in [0.05, 0.1) is 0 Å². The Bertz CT molecular complexity index is 840. The van der Waals surface area contributed by atoms with Gasteiger partial charge in [-0.1, -0.05) is 25.0 Å². The Labute approximate surface area is 158 Å². The molecular weight excluding hydrogens is 342 g/mol. The molecule has 6 nitrogen and oxygen atoms in total. The fourth-order valence-corrected chi connectivity index (χ4v) is 3.26. The molecule has 1 fully saturated rings. The molecule has 0 aromatic heterocycles. The monoisotopic (exact) mass is 365 g/mol. The van der Waals surface area contributed by atoms with Gasteiger partial charge in [-0.05, 0) is 54.8 Å². The predicted molar refractivity (Wildman–Crippen MR) is 103 cm³/mol. The minimum atomic E-state index is -0.529. The molecule has 2 aromatic carbocycles. The van der Waals surface area contributed by atoms with Gasteiger partial charge in [0, 0.05) is 29.3 Å². The van der Waals surface area contributed by atoms with Crippen LogP contribution in [0.5, 0.6) is 0 Å². The first-order chi connectivity index (χ1) is 13.0. The molecule has 3 rings (SSSR count). The summed E-state index contributed by atoms with van der Waals surface area (Å²) in [6.07, 6.45) is 4.14. The number of hydrogen-bond acceptors (Lipinski definition) is 3. The largest absolute Gasteiger partial charge is 0.366 e. The van der Waals surface area contributed by atoms with Crippen LogP contribution in [0.1, 0.15) is 52.0 Å². The molecule has 0 saturated heterocycles. The van der Waals surface area contributed by atoms with Crippen LogP contribution in [0.4, 0.5) is 5.69 Å². The van der Waals surface area contributed by atoms with E-state index in [1.165, 1.54) is 12.1 Å². The van der Waals surface area contributed by atoms with Gasteiger partial charge >= 0.3 is 0 Å². The maximum absolute atomic E-state index is 12.2. The fourth-order valence-electron chi connectivity index (χ4n) is 3.26. The maximum atomic E-state index is 12.2. The smallest absolute Gasteiger partial charge is 0.251 e. The molecular formula is C21H23N3O3. The van der Waals surface area contributed by atoms with Crippen LogP contribution >= 0.6 is 0 Å². The Morgan fingerprint density at radius 3 is 2.30 bits per heavy atom. The fraction of sp³-hybridized carbons (Fsp3) is 0.286. The van der Waals surface area contributed by atoms with Crippen molar-refractivity contribution in [3.05, 3.63) is 65.2 Å². The van der Waals surface area contributed by atoms with Crippen molar-refractivity contribution in [3.63, 3.8) is 0 Å². The van der Waals surface area contributed by atoms with Crippen molar-refractivity contribution in [2.45, 2.75) is 32.2 Å². The molecule has 0 atom stereocenters. The van der Waals surface area contributed by atoms with Gasteiger partial charge in [0.2, 0.25) is 11.8 Å². The standard InChI is InChI=1S/C21H23N3O3/c22-19(25)15-8-10-17(11-9-15)20(26)23-13-14-4-3-7-18(12-14)24-21(27)16-5-1-2-6-16/h3-4,7-12,16H,1-2,5-6,13H2,(H2,22,25)(H,23,26)(H,24,27). The van der Waals surface area contributed by atoms with Crippen LogP contribution in [0, 0.1) is 5.92 Å². The Hall–Kier alpha value is -3.15. The Morgan fingerprint density at radius 2 is 1.63 bits per heavy atom. The number of rotatable bonds is 6. The van der Waals surface area contributed by atoms with Crippen LogP contribution in [0.25, 0.3) is 0 Å². The Morgan fingerprint density at radius 1 is 0.963 bits per heavy atom. The van der Waals surface area contributed by atoms with Crippen LogP contribution in [0.15, 0.2) is 48.5 Å². The topological polar surface area (TPSA) is 101 Å². The summed E-state index contributed by atoms with van der Waals surface area (Å²) in [6, 6.07) is 13.6. The lowest BCUT2D eigenvalue weighted by Crippen LogP contribution is -2.23. The highest BCUT2D eigenvalue weighted by Gasteiger charge is 2.22. The molecule has 0 spiro atoms. The highest BCUT2D eigenvalue weighted by atomic mass is 16.2. The van der Waals surface area contributed by atoms with Gasteiger partial charge in [-0.25, -0.2) is 0 Å². The number of hydrogen-bond donors (Lipinski definition) is 3. The summed E-state index contributed by atoms with van der Waals surface area (Å²) in [6.45, 7) is 0.337. The molecule has 140 valence electrons. The normalized spacial score (nSPS) is 13.9. The summed E-state index contributed by atoms with van der Waals surface area (Å²) in [5.74, 6) is -0.593. The van der Waals surface area contributed by atoms with E-state index in [4.69, 9.17) is 5.73 Å². The van der Waals surface area contributed by atoms with E-state index < -0.39 is 5.91 Å². The second kappa shape index (κ2) is 8.49. The van der Waals surface area contributed by atoms with Gasteiger partial charge in [0.1, 0.15) is 0 Å². The third kappa shape index (κ3) is 4.94. The van der Waals surface area contributed by atoms with Crippen molar-refractivity contribution in [2.24, 2.45) is 11.7 Å². The number of anilines is 1. The van der Waals surface area contributed by atoms with Gasteiger partial charge in [-0.3, -0.25) is 14.4 Å². The minimum absolute atomic E-state index is 0.0724. The maximum Gasteiger partial charge on any atom is 0.251 e. The third-order valence-corrected chi connectivity index (χ3v) is 4.81. The van der Waals surface area contributed by atoms with Crippen molar-refractivity contribution in [2.75, 3.05) is 5.32 Å². The van der Waals surface area contributed by atoms with E-state index in [1.807, 2.05) is 24.3 Å². The van der Waals surface area contributed by atoms with E-state index >= 15 is 0 Å². The molecule has 0 aliphatic heterocycles. The van der Waals surface area contributed by atoms with E-state index in [0.29, 0.717) is 17.7 Å². The first-order valence-corrected chi connectivity index (χ1v) is 9.11. The van der Waals surface area contributed by atoms with Crippen LogP contribution < -0.4 is 16.4 Å². The lowest BCUT2D eigenvalue weighted by molar-refractivity contribution is -0.119. The third-order valence-electron chi connectivity index (χ3n) is 4.81. The van der Waals surface area contributed by atoms with Crippen molar-refractivity contribution < 1.29 is 14.4 Å². The number of amides is 3. The number of carbonyl (C=O) groups excluding carboxylic acids is 3. The Balaban J connectivity index is 1.56. The molecule has 4 N–H and O–H groups in total. The number of carbonyl (C=O) groups is 3. The molecule has 0 unspecified atom stereocenters. The zero-order chi connectivity index (χ0) is 19.2. The molecule has 0 radical (unpaired) electrons. The number of nitrogens with two attached hydrogens (primary N) is 1. The quantitative estimate of drug-likeness (QED) is 0.733. The zero-order valence-electron chi connectivity index (χ0n) is 15.0. The highest BCUT2D eigenvalue weighted by Crippen LogP contribution is 2.26. The van der Waals surface area contributed by atoms with Crippen molar-refractivity contribution in [1.29, 1.82) is 0 Å². The predicted octanol–water partition coefficient (Wildman–Crippen LogP) is 2.84. The van der Waals surface area contributed by atoms with Crippen LogP contribution in [-0.4, -0.2) is 17.7 Å². The van der Waals surface area contributed by atoms with Crippen LogP contribution in [0.2, 0.25) is 0 Å². The van der Waals surface area contributed by atoms with E-state index in [-0.39, 0.29) is 17.7 Å². The van der Waals surface area contributed by atoms with E-state index in [0.717, 1.165) is 36.9 Å². The van der Waals surface area contributed by atoms with E-state index in [9.17, 15) is 14.4 Å². The average molecular weight is 365 g/mol. The minimum Gasteiger partial charge on any atom is -0.366 e. The lowest BCUT2D eigenvalue weighted by atomic mass is 10.1. The second-order valence-electron chi connectivity index (χ2n) is 6.80. The van der Waals surface area contributed by atoms with Crippen molar-refractivity contribution in [3.8, 4) is 0 Å². The van der Waals surface area contributed by atoms with Gasteiger partial charge in [-0.15, -0.1) is 0 Å². The SMILES string of the molecule is NC(=O)c1ccc(C(=O)NCc2cccc(NC(=O)C3CCCC3)c2)cc1. The Kier molecular flexibility index (Phi) is 5.86. The summed E-state index contributed by atoms with van der Waals surface area (Å²) < 4.78 is 0. The number of nitrogens with one attached hydrogen (secondary N) is 2. The van der Waals surface area contributed by atoms with Gasteiger partial charge in [-0.2, -0.15) is 0 Å². The number of primary amides is 1. The van der Waals surface area contributed by atoms with Crippen molar-refractivity contribution >= 4 is 23.4 Å². The molecule has 1 saturated carbocycles. The summed E-state index contributed by atoms with van der Waals surface area (Å²) in [7, 11) is 0. The molecule has 27 heavy (non-hydrogen) atoms. The van der Waals surface area contributed by atoms with Gasteiger partial charge in [0.15, 0.2) is 0 Å². The van der Waals surface area contributed by atoms with E-state index in [1.54, 1.807) is 12.1 Å². The number of benzene rings is 2. The summed E-state index contributed by atoms with van der Waals surface area (Å²) in [5.41, 5.74) is 7.63. The summed E-state index contributed by atoms with van der Waals surface area (Å²) >= 11 is 0. The summed E-state index contributed by atoms with van der Waals surface area (Å²) in [4.78, 5) is 35.6. The molecule has 0 bridgehead atoms. The zero-order valence-corrected chi connectivity index (χ0v) is 15.0. The van der Waals surface area contributed by atoms with E-state index in [2.05, 4.69) is 10.6 Å². The van der Waals surface area contributed by atoms with Crippen LogP contribution in [0.3, 0.4) is 0 Å². The molecule has 0 heterocycles. The first-order valence-electron chi connectivity index (χ1n) is 9.11. The molecule has 3 amide bonds. The molecule has 6 heteroatoms.